The summed E-state index contributed by atoms with van der Waals surface area (Å²) in [6.45, 7) is 4.41. The highest BCUT2D eigenvalue weighted by atomic mass is 79.9. The molecule has 0 heterocycles. The number of ether oxygens (including phenoxy) is 1. The molecule has 0 aromatic heterocycles. The van der Waals surface area contributed by atoms with Gasteiger partial charge in [-0.05, 0) is 40.8 Å². The monoisotopic (exact) mass is 532 g/mol. The van der Waals surface area contributed by atoms with E-state index < -0.39 is 14.9 Å². The molecule has 0 aliphatic carbocycles. The minimum absolute atomic E-state index is 0.0589. The first-order valence-corrected chi connectivity index (χ1v) is 12.9. The molecule has 0 aliphatic rings. The maximum absolute atomic E-state index is 12.7. The van der Waals surface area contributed by atoms with Crippen molar-refractivity contribution in [3.63, 3.8) is 0 Å². The number of anilines is 1. The Morgan fingerprint density at radius 3 is 2.15 bits per heavy atom. The van der Waals surface area contributed by atoms with E-state index >= 15 is 0 Å². The van der Waals surface area contributed by atoms with Gasteiger partial charge in [-0.1, -0.05) is 66.2 Å². The summed E-state index contributed by atoms with van der Waals surface area (Å²) in [7, 11) is -3.71. The summed E-state index contributed by atoms with van der Waals surface area (Å²) in [5, 5.41) is 11.3. The summed E-state index contributed by atoms with van der Waals surface area (Å²) < 4.78 is 33.3. The molecule has 0 atom stereocenters. The average molecular weight is 533 g/mol. The highest BCUT2D eigenvalue weighted by Crippen LogP contribution is 2.35. The molecule has 0 saturated carbocycles. The van der Waals surface area contributed by atoms with Crippen LogP contribution < -0.4 is 9.04 Å². The molecule has 0 fully saturated rings. The van der Waals surface area contributed by atoms with Crippen molar-refractivity contribution in [3.8, 4) is 5.75 Å². The molecule has 0 radical (unpaired) electrons. The van der Waals surface area contributed by atoms with Gasteiger partial charge in [0.05, 0.1) is 29.5 Å². The zero-order chi connectivity index (χ0) is 24.2. The number of sulfonamides is 1. The van der Waals surface area contributed by atoms with E-state index in [0.717, 1.165) is 21.9 Å². The first kappa shape index (κ1) is 24.7. The Labute approximate surface area is 202 Å². The van der Waals surface area contributed by atoms with Crippen molar-refractivity contribution in [2.75, 3.05) is 10.6 Å². The lowest BCUT2D eigenvalue weighted by molar-refractivity contribution is -0.384. The number of nitrogens with zero attached hydrogens (tertiary/aromatic N) is 2. The normalized spacial score (nSPS) is 11.4. The minimum atomic E-state index is -3.71. The van der Waals surface area contributed by atoms with Crippen LogP contribution in [0.1, 0.15) is 36.5 Å². The molecule has 0 saturated heterocycles. The predicted octanol–water partition coefficient (Wildman–Crippen LogP) is 6.03. The van der Waals surface area contributed by atoms with Crippen molar-refractivity contribution in [2.24, 2.45) is 0 Å². The van der Waals surface area contributed by atoms with Gasteiger partial charge in [-0.3, -0.25) is 14.4 Å². The highest BCUT2D eigenvalue weighted by Gasteiger charge is 2.24. The standard InChI is InChI=1S/C24H25BrN2O5S/c1-17(2)20-8-4-19(5-9-20)16-32-24-14-22(27(28)29)12-13-23(24)26(33(3,30)31)15-18-6-10-21(25)11-7-18/h4-14,17H,15-16H2,1-3H3. The lowest BCUT2D eigenvalue weighted by atomic mass is 10.0. The molecule has 3 aromatic rings. The lowest BCUT2D eigenvalue weighted by Gasteiger charge is -2.25. The van der Waals surface area contributed by atoms with E-state index in [9.17, 15) is 18.5 Å². The van der Waals surface area contributed by atoms with Gasteiger partial charge in [0.15, 0.2) is 5.75 Å². The molecule has 174 valence electrons. The van der Waals surface area contributed by atoms with Crippen molar-refractivity contribution in [3.05, 3.63) is 98.0 Å². The van der Waals surface area contributed by atoms with Crippen molar-refractivity contribution < 1.29 is 18.1 Å². The van der Waals surface area contributed by atoms with E-state index in [0.29, 0.717) is 5.92 Å². The van der Waals surface area contributed by atoms with E-state index in [2.05, 4.69) is 29.8 Å². The second-order valence-electron chi connectivity index (χ2n) is 7.99. The number of nitro benzene ring substituents is 1. The second kappa shape index (κ2) is 10.4. The second-order valence-corrected chi connectivity index (χ2v) is 10.8. The summed E-state index contributed by atoms with van der Waals surface area (Å²) in [5.41, 5.74) is 2.88. The molecule has 0 unspecified atom stereocenters. The van der Waals surface area contributed by atoms with Gasteiger partial charge in [0, 0.05) is 10.5 Å². The van der Waals surface area contributed by atoms with Crippen LogP contribution in [0.25, 0.3) is 0 Å². The number of hydrogen-bond donors (Lipinski definition) is 0. The topological polar surface area (TPSA) is 89.8 Å². The molecule has 33 heavy (non-hydrogen) atoms. The largest absolute Gasteiger partial charge is 0.486 e. The van der Waals surface area contributed by atoms with E-state index in [-0.39, 0.29) is 30.3 Å². The van der Waals surface area contributed by atoms with Crippen LogP contribution in [0.3, 0.4) is 0 Å². The third-order valence-corrected chi connectivity index (χ3v) is 6.76. The Bertz CT molecular complexity index is 1230. The maximum Gasteiger partial charge on any atom is 0.273 e. The third-order valence-electron chi connectivity index (χ3n) is 5.10. The van der Waals surface area contributed by atoms with Crippen LogP contribution in [0, 0.1) is 10.1 Å². The van der Waals surface area contributed by atoms with Crippen molar-refractivity contribution in [2.45, 2.75) is 32.9 Å². The third kappa shape index (κ3) is 6.55. The molecule has 3 aromatic carbocycles. The fraction of sp³-hybridized carbons (Fsp3) is 0.250. The molecule has 0 spiro atoms. The first-order valence-electron chi connectivity index (χ1n) is 10.3. The molecule has 3 rings (SSSR count). The first-order chi connectivity index (χ1) is 15.5. The van der Waals surface area contributed by atoms with Gasteiger partial charge in [-0.25, -0.2) is 8.42 Å². The van der Waals surface area contributed by atoms with Crippen molar-refractivity contribution >= 4 is 37.3 Å². The van der Waals surface area contributed by atoms with Gasteiger partial charge in [0.25, 0.3) is 5.69 Å². The van der Waals surface area contributed by atoms with Crippen LogP contribution in [0.15, 0.2) is 71.2 Å². The zero-order valence-electron chi connectivity index (χ0n) is 18.6. The van der Waals surface area contributed by atoms with Gasteiger partial charge < -0.3 is 4.74 Å². The van der Waals surface area contributed by atoms with Crippen LogP contribution in [0.2, 0.25) is 0 Å². The van der Waals surface area contributed by atoms with E-state index in [1.807, 2.05) is 48.5 Å². The van der Waals surface area contributed by atoms with Crippen molar-refractivity contribution in [1.29, 1.82) is 0 Å². The number of benzene rings is 3. The molecular weight excluding hydrogens is 508 g/mol. The number of hydrogen-bond acceptors (Lipinski definition) is 5. The minimum Gasteiger partial charge on any atom is -0.486 e. The number of rotatable bonds is 9. The lowest BCUT2D eigenvalue weighted by Crippen LogP contribution is -2.29. The molecule has 0 aliphatic heterocycles. The Kier molecular flexibility index (Phi) is 7.76. The maximum atomic E-state index is 12.7. The summed E-state index contributed by atoms with van der Waals surface area (Å²) in [6, 6.07) is 19.1. The Morgan fingerprint density at radius 2 is 1.61 bits per heavy atom. The summed E-state index contributed by atoms with van der Waals surface area (Å²) in [4.78, 5) is 10.8. The van der Waals surface area contributed by atoms with Gasteiger partial charge >= 0.3 is 0 Å². The molecule has 0 N–H and O–H groups in total. The quantitative estimate of drug-likeness (QED) is 0.248. The van der Waals surface area contributed by atoms with Crippen LogP contribution in [-0.2, 0) is 23.2 Å². The molecular formula is C24H25BrN2O5S. The average Bonchev–Trinajstić information content (AvgIpc) is 2.76. The van der Waals surface area contributed by atoms with E-state index in [1.165, 1.54) is 28.1 Å². The van der Waals surface area contributed by atoms with Crippen LogP contribution in [-0.4, -0.2) is 19.6 Å². The van der Waals surface area contributed by atoms with Gasteiger partial charge in [-0.2, -0.15) is 0 Å². The predicted molar refractivity (Wildman–Crippen MR) is 133 cm³/mol. The summed E-state index contributed by atoms with van der Waals surface area (Å²) in [6.07, 6.45) is 1.10. The van der Waals surface area contributed by atoms with Crippen LogP contribution >= 0.6 is 15.9 Å². The molecule has 9 heteroatoms. The van der Waals surface area contributed by atoms with Gasteiger partial charge in [0.2, 0.25) is 10.0 Å². The van der Waals surface area contributed by atoms with Crippen LogP contribution in [0.5, 0.6) is 5.75 Å². The molecule has 7 nitrogen and oxygen atoms in total. The van der Waals surface area contributed by atoms with Crippen LogP contribution in [0.4, 0.5) is 11.4 Å². The summed E-state index contributed by atoms with van der Waals surface area (Å²) >= 11 is 3.37. The van der Waals surface area contributed by atoms with Gasteiger partial charge in [-0.15, -0.1) is 0 Å². The van der Waals surface area contributed by atoms with E-state index in [4.69, 9.17) is 4.74 Å². The van der Waals surface area contributed by atoms with E-state index in [1.54, 1.807) is 0 Å². The summed E-state index contributed by atoms with van der Waals surface area (Å²) in [5.74, 6) is 0.518. The fourth-order valence-corrected chi connectivity index (χ4v) is 4.39. The zero-order valence-corrected chi connectivity index (χ0v) is 21.0. The van der Waals surface area contributed by atoms with Crippen molar-refractivity contribution in [1.82, 2.24) is 0 Å². The number of halogens is 1. The molecule has 0 bridgehead atoms. The number of nitro groups is 1. The SMILES string of the molecule is CC(C)c1ccc(COc2cc([N+](=O)[O-])ccc2N(Cc2ccc(Br)cc2)S(C)(=O)=O)cc1. The Balaban J connectivity index is 1.96. The Hall–Kier alpha value is -2.91. The highest BCUT2D eigenvalue weighted by molar-refractivity contribution is 9.10. The van der Waals surface area contributed by atoms with Gasteiger partial charge in [0.1, 0.15) is 6.61 Å². The number of non-ortho nitro benzene ring substituents is 1. The smallest absolute Gasteiger partial charge is 0.273 e. The fourth-order valence-electron chi connectivity index (χ4n) is 3.23. The Morgan fingerprint density at radius 1 is 1.00 bits per heavy atom. The molecule has 0 amide bonds.